The number of nitrogens with one attached hydrogen (secondary N) is 1. The fraction of sp³-hybridized carbons (Fsp3) is 0.286. The highest BCUT2D eigenvalue weighted by Crippen LogP contribution is 2.18. The van der Waals surface area contributed by atoms with Gasteiger partial charge in [-0.15, -0.1) is 0 Å². The minimum absolute atomic E-state index is 0.502. The van der Waals surface area contributed by atoms with Crippen LogP contribution in [-0.2, 0) is 12.8 Å². The van der Waals surface area contributed by atoms with Crippen LogP contribution in [0.4, 0.5) is 0 Å². The van der Waals surface area contributed by atoms with E-state index in [2.05, 4.69) is 47.2 Å². The van der Waals surface area contributed by atoms with E-state index in [0.717, 1.165) is 23.5 Å². The fourth-order valence-electron chi connectivity index (χ4n) is 1.73. The first-order valence-corrected chi connectivity index (χ1v) is 5.83. The van der Waals surface area contributed by atoms with Crippen LogP contribution in [0.5, 0.6) is 0 Å². The topological polar surface area (TPSA) is 52.5 Å². The van der Waals surface area contributed by atoms with E-state index in [-0.39, 0.29) is 0 Å². The highest BCUT2D eigenvalue weighted by atomic mass is 14.9. The molecule has 0 spiro atoms. The Hall–Kier alpha value is -2.08. The Kier molecular flexibility index (Phi) is 3.56. The zero-order valence-electron chi connectivity index (χ0n) is 9.90. The molecule has 1 aromatic heterocycles. The quantitative estimate of drug-likeness (QED) is 0.869. The molecule has 1 aromatic carbocycles. The molecule has 17 heavy (non-hydrogen) atoms. The summed E-state index contributed by atoms with van der Waals surface area (Å²) in [6, 6.07) is 10.6. The lowest BCUT2D eigenvalue weighted by atomic mass is 10.1. The van der Waals surface area contributed by atoms with Crippen molar-refractivity contribution < 1.29 is 0 Å². The molecule has 0 aliphatic rings. The van der Waals surface area contributed by atoms with Gasteiger partial charge in [0.15, 0.2) is 0 Å². The second-order valence-corrected chi connectivity index (χ2v) is 3.95. The molecule has 0 fully saturated rings. The standard InChI is InChI=1S/C14H15N3/c1-2-11-5-7-12(8-6-11)13-10-16-14(17-13)4-3-9-15/h5-8,10H,2-4H2,1H3,(H,16,17). The Bertz CT molecular complexity index is 517. The van der Waals surface area contributed by atoms with Crippen molar-refractivity contribution in [1.82, 2.24) is 9.97 Å². The van der Waals surface area contributed by atoms with Crippen LogP contribution < -0.4 is 0 Å². The van der Waals surface area contributed by atoms with Crippen LogP contribution in [0.25, 0.3) is 11.3 Å². The number of H-pyrrole nitrogens is 1. The number of nitriles is 1. The molecule has 2 rings (SSSR count). The van der Waals surface area contributed by atoms with E-state index in [1.165, 1.54) is 5.56 Å². The third kappa shape index (κ3) is 2.73. The lowest BCUT2D eigenvalue weighted by molar-refractivity contribution is 0.918. The third-order valence-electron chi connectivity index (χ3n) is 2.78. The van der Waals surface area contributed by atoms with Crippen molar-refractivity contribution in [2.75, 3.05) is 0 Å². The van der Waals surface area contributed by atoms with E-state index in [0.29, 0.717) is 12.8 Å². The number of hydrogen-bond donors (Lipinski definition) is 1. The minimum atomic E-state index is 0.502. The van der Waals surface area contributed by atoms with Crippen LogP contribution in [0.3, 0.4) is 0 Å². The Morgan fingerprint density at radius 2 is 2.06 bits per heavy atom. The van der Waals surface area contributed by atoms with Crippen LogP contribution in [0, 0.1) is 11.3 Å². The highest BCUT2D eigenvalue weighted by Gasteiger charge is 2.02. The molecule has 2 aromatic rings. The summed E-state index contributed by atoms with van der Waals surface area (Å²) in [4.78, 5) is 7.51. The van der Waals surface area contributed by atoms with Gasteiger partial charge in [-0.3, -0.25) is 0 Å². The Labute approximate surface area is 101 Å². The second-order valence-electron chi connectivity index (χ2n) is 3.95. The van der Waals surface area contributed by atoms with Gasteiger partial charge in [-0.1, -0.05) is 31.2 Å². The van der Waals surface area contributed by atoms with E-state index >= 15 is 0 Å². The molecular formula is C14H15N3. The first-order valence-electron chi connectivity index (χ1n) is 5.83. The summed E-state index contributed by atoms with van der Waals surface area (Å²) in [6.45, 7) is 2.14. The average Bonchev–Trinajstić information content (AvgIpc) is 2.85. The summed E-state index contributed by atoms with van der Waals surface area (Å²) in [7, 11) is 0. The predicted octanol–water partition coefficient (Wildman–Crippen LogP) is 3.10. The van der Waals surface area contributed by atoms with Crippen molar-refractivity contribution in [1.29, 1.82) is 5.26 Å². The molecule has 3 heteroatoms. The molecule has 0 bridgehead atoms. The van der Waals surface area contributed by atoms with Crippen LogP contribution in [0.1, 0.15) is 24.7 Å². The monoisotopic (exact) mass is 225 g/mol. The van der Waals surface area contributed by atoms with Crippen molar-refractivity contribution in [3.8, 4) is 17.3 Å². The molecule has 0 aliphatic carbocycles. The molecular weight excluding hydrogens is 210 g/mol. The highest BCUT2D eigenvalue weighted by molar-refractivity contribution is 5.58. The summed E-state index contributed by atoms with van der Waals surface area (Å²) in [5.41, 5.74) is 3.48. The van der Waals surface area contributed by atoms with Crippen LogP contribution in [0.15, 0.2) is 30.5 Å². The molecule has 0 saturated carbocycles. The van der Waals surface area contributed by atoms with Gasteiger partial charge in [0.1, 0.15) is 5.82 Å². The average molecular weight is 225 g/mol. The maximum absolute atomic E-state index is 8.52. The second kappa shape index (κ2) is 5.31. The zero-order chi connectivity index (χ0) is 12.1. The van der Waals surface area contributed by atoms with Gasteiger partial charge in [0, 0.05) is 12.8 Å². The largest absolute Gasteiger partial charge is 0.342 e. The molecule has 0 unspecified atom stereocenters. The molecule has 3 nitrogen and oxygen atoms in total. The Balaban J connectivity index is 2.16. The SMILES string of the molecule is CCc1ccc(-c2cnc(CCC#N)[nH]2)cc1. The van der Waals surface area contributed by atoms with Gasteiger partial charge >= 0.3 is 0 Å². The van der Waals surface area contributed by atoms with Crippen molar-refractivity contribution in [2.24, 2.45) is 0 Å². The number of aromatic nitrogens is 2. The van der Waals surface area contributed by atoms with E-state index in [4.69, 9.17) is 5.26 Å². The number of nitrogens with zero attached hydrogens (tertiary/aromatic N) is 2. The number of rotatable bonds is 4. The smallest absolute Gasteiger partial charge is 0.107 e. The molecule has 0 atom stereocenters. The van der Waals surface area contributed by atoms with E-state index < -0.39 is 0 Å². The van der Waals surface area contributed by atoms with E-state index in [9.17, 15) is 0 Å². The zero-order valence-corrected chi connectivity index (χ0v) is 9.90. The van der Waals surface area contributed by atoms with Gasteiger partial charge in [0.2, 0.25) is 0 Å². The van der Waals surface area contributed by atoms with Gasteiger partial charge in [-0.2, -0.15) is 5.26 Å². The summed E-state index contributed by atoms with van der Waals surface area (Å²) < 4.78 is 0. The number of imidazole rings is 1. The van der Waals surface area contributed by atoms with Gasteiger partial charge < -0.3 is 4.98 Å². The van der Waals surface area contributed by atoms with Gasteiger partial charge in [-0.05, 0) is 17.5 Å². The van der Waals surface area contributed by atoms with Crippen molar-refractivity contribution >= 4 is 0 Å². The van der Waals surface area contributed by atoms with Gasteiger partial charge in [-0.25, -0.2) is 4.98 Å². The van der Waals surface area contributed by atoms with Crippen LogP contribution >= 0.6 is 0 Å². The Morgan fingerprint density at radius 3 is 2.71 bits per heavy atom. The number of hydrogen-bond acceptors (Lipinski definition) is 2. The van der Waals surface area contributed by atoms with E-state index in [1.807, 2.05) is 6.20 Å². The van der Waals surface area contributed by atoms with E-state index in [1.54, 1.807) is 0 Å². The molecule has 86 valence electrons. The molecule has 0 aliphatic heterocycles. The molecule has 1 N–H and O–H groups in total. The van der Waals surface area contributed by atoms with Crippen LogP contribution in [0.2, 0.25) is 0 Å². The van der Waals surface area contributed by atoms with Crippen molar-refractivity contribution in [3.63, 3.8) is 0 Å². The maximum Gasteiger partial charge on any atom is 0.107 e. The molecule has 0 amide bonds. The number of aromatic amines is 1. The minimum Gasteiger partial charge on any atom is -0.342 e. The predicted molar refractivity (Wildman–Crippen MR) is 67.3 cm³/mol. The molecule has 0 saturated heterocycles. The lowest BCUT2D eigenvalue weighted by Gasteiger charge is -1.99. The summed E-state index contributed by atoms with van der Waals surface area (Å²) >= 11 is 0. The normalized spacial score (nSPS) is 10.1. The first-order chi connectivity index (χ1) is 8.33. The molecule has 1 heterocycles. The Morgan fingerprint density at radius 1 is 1.29 bits per heavy atom. The molecule has 0 radical (unpaired) electrons. The summed E-state index contributed by atoms with van der Waals surface area (Å²) in [5.74, 6) is 0.876. The summed E-state index contributed by atoms with van der Waals surface area (Å²) in [6.07, 6.45) is 4.07. The van der Waals surface area contributed by atoms with Gasteiger partial charge in [0.05, 0.1) is 18.0 Å². The van der Waals surface area contributed by atoms with Crippen molar-refractivity contribution in [2.45, 2.75) is 26.2 Å². The van der Waals surface area contributed by atoms with Crippen LogP contribution in [-0.4, -0.2) is 9.97 Å². The third-order valence-corrected chi connectivity index (χ3v) is 2.78. The fourth-order valence-corrected chi connectivity index (χ4v) is 1.73. The summed E-state index contributed by atoms with van der Waals surface area (Å²) in [5, 5.41) is 8.52. The number of benzene rings is 1. The first kappa shape index (κ1) is 11.4. The lowest BCUT2D eigenvalue weighted by Crippen LogP contribution is -1.86. The maximum atomic E-state index is 8.52. The number of aryl methyl sites for hydroxylation is 2. The van der Waals surface area contributed by atoms with Gasteiger partial charge in [0.25, 0.3) is 0 Å². The van der Waals surface area contributed by atoms with Crippen molar-refractivity contribution in [3.05, 3.63) is 41.9 Å².